The third-order valence-electron chi connectivity index (χ3n) is 4.26. The molecule has 0 saturated carbocycles. The summed E-state index contributed by atoms with van der Waals surface area (Å²) >= 11 is 6.12. The first-order valence-electron chi connectivity index (χ1n) is 8.29. The number of esters is 1. The van der Waals surface area contributed by atoms with Gasteiger partial charge in [-0.2, -0.15) is 0 Å². The number of amides is 1. The summed E-state index contributed by atoms with van der Waals surface area (Å²) in [4.78, 5) is 25.8. The van der Waals surface area contributed by atoms with E-state index in [-0.39, 0.29) is 17.8 Å². The molecule has 1 aromatic carbocycles. The van der Waals surface area contributed by atoms with Gasteiger partial charge in [0.25, 0.3) is 0 Å². The van der Waals surface area contributed by atoms with Crippen LogP contribution in [0.3, 0.4) is 0 Å². The zero-order chi connectivity index (χ0) is 16.7. The number of rotatable bonds is 6. The summed E-state index contributed by atoms with van der Waals surface area (Å²) in [6.07, 6.45) is 3.53. The van der Waals surface area contributed by atoms with E-state index in [1.54, 1.807) is 0 Å². The largest absolute Gasteiger partial charge is 0.466 e. The summed E-state index contributed by atoms with van der Waals surface area (Å²) in [5, 5.41) is 0.759. The Morgan fingerprint density at radius 3 is 2.61 bits per heavy atom. The molecule has 0 aromatic heterocycles. The van der Waals surface area contributed by atoms with Gasteiger partial charge in [0.1, 0.15) is 0 Å². The molecule has 0 bridgehead atoms. The van der Waals surface area contributed by atoms with Crippen molar-refractivity contribution in [2.75, 3.05) is 19.7 Å². The molecule has 1 fully saturated rings. The van der Waals surface area contributed by atoms with Crippen LogP contribution in [0.15, 0.2) is 24.3 Å². The maximum absolute atomic E-state index is 12.3. The van der Waals surface area contributed by atoms with E-state index in [4.69, 9.17) is 16.3 Å². The van der Waals surface area contributed by atoms with Crippen LogP contribution in [0.2, 0.25) is 5.02 Å². The molecule has 0 radical (unpaired) electrons. The van der Waals surface area contributed by atoms with Crippen molar-refractivity contribution in [1.29, 1.82) is 0 Å². The molecule has 5 heteroatoms. The Hall–Kier alpha value is -1.55. The van der Waals surface area contributed by atoms with Gasteiger partial charge in [0.05, 0.1) is 12.5 Å². The number of aryl methyl sites for hydroxylation is 1. The van der Waals surface area contributed by atoms with Gasteiger partial charge in [-0.25, -0.2) is 0 Å². The summed E-state index contributed by atoms with van der Waals surface area (Å²) in [5.74, 6) is -0.0141. The minimum Gasteiger partial charge on any atom is -0.466 e. The smallest absolute Gasteiger partial charge is 0.309 e. The van der Waals surface area contributed by atoms with Crippen molar-refractivity contribution in [1.82, 2.24) is 4.90 Å². The Morgan fingerprint density at radius 2 is 1.96 bits per heavy atom. The third kappa shape index (κ3) is 5.24. The van der Waals surface area contributed by atoms with Crippen LogP contribution in [-0.4, -0.2) is 36.5 Å². The molecule has 126 valence electrons. The molecule has 1 aliphatic rings. The molecular formula is C18H24ClNO3. The van der Waals surface area contributed by atoms with Gasteiger partial charge in [-0.3, -0.25) is 9.59 Å². The maximum Gasteiger partial charge on any atom is 0.309 e. The number of likely N-dealkylation sites (tertiary alicyclic amines) is 1. The number of hydrogen-bond acceptors (Lipinski definition) is 3. The molecule has 2 rings (SSSR count). The van der Waals surface area contributed by atoms with E-state index in [9.17, 15) is 9.59 Å². The summed E-state index contributed by atoms with van der Waals surface area (Å²) < 4.78 is 5.05. The highest BCUT2D eigenvalue weighted by Crippen LogP contribution is 2.21. The fourth-order valence-corrected chi connectivity index (χ4v) is 3.14. The van der Waals surface area contributed by atoms with E-state index in [0.717, 1.165) is 23.4 Å². The van der Waals surface area contributed by atoms with E-state index < -0.39 is 0 Å². The highest BCUT2D eigenvalue weighted by molar-refractivity contribution is 6.31. The number of piperidine rings is 1. The lowest BCUT2D eigenvalue weighted by molar-refractivity contribution is -0.151. The number of carbonyl (C=O) groups excluding carboxylic acids is 2. The first kappa shape index (κ1) is 17.8. The maximum atomic E-state index is 12.3. The van der Waals surface area contributed by atoms with Crippen molar-refractivity contribution in [3.63, 3.8) is 0 Å². The zero-order valence-electron chi connectivity index (χ0n) is 13.6. The van der Waals surface area contributed by atoms with Crippen molar-refractivity contribution < 1.29 is 14.3 Å². The minimum absolute atomic E-state index is 0.0536. The topological polar surface area (TPSA) is 46.6 Å². The number of halogens is 1. The van der Waals surface area contributed by atoms with Crippen molar-refractivity contribution >= 4 is 23.5 Å². The number of carbonyl (C=O) groups is 2. The molecule has 1 aliphatic heterocycles. The van der Waals surface area contributed by atoms with Crippen LogP contribution >= 0.6 is 11.6 Å². The van der Waals surface area contributed by atoms with Crippen LogP contribution in [0.5, 0.6) is 0 Å². The molecule has 1 heterocycles. The van der Waals surface area contributed by atoms with Gasteiger partial charge in [0.2, 0.25) is 5.91 Å². The van der Waals surface area contributed by atoms with E-state index in [1.807, 2.05) is 36.1 Å². The minimum atomic E-state index is -0.127. The lowest BCUT2D eigenvalue weighted by atomic mass is 9.96. The number of benzene rings is 1. The Morgan fingerprint density at radius 1 is 1.26 bits per heavy atom. The second-order valence-corrected chi connectivity index (χ2v) is 6.26. The zero-order valence-corrected chi connectivity index (χ0v) is 14.3. The molecule has 0 unspecified atom stereocenters. The highest BCUT2D eigenvalue weighted by Gasteiger charge is 2.27. The van der Waals surface area contributed by atoms with Crippen molar-refractivity contribution in [2.45, 2.75) is 39.0 Å². The molecule has 4 nitrogen and oxygen atoms in total. The van der Waals surface area contributed by atoms with Crippen LogP contribution in [0, 0.1) is 5.92 Å². The van der Waals surface area contributed by atoms with Gasteiger partial charge in [-0.1, -0.05) is 29.8 Å². The normalized spacial score (nSPS) is 15.5. The lowest BCUT2D eigenvalue weighted by Crippen LogP contribution is -2.40. The fourth-order valence-electron chi connectivity index (χ4n) is 2.91. The van der Waals surface area contributed by atoms with Crippen LogP contribution in [0.25, 0.3) is 0 Å². The van der Waals surface area contributed by atoms with Gasteiger partial charge in [-0.15, -0.1) is 0 Å². The lowest BCUT2D eigenvalue weighted by Gasteiger charge is -2.31. The van der Waals surface area contributed by atoms with E-state index >= 15 is 0 Å². The van der Waals surface area contributed by atoms with Crippen molar-refractivity contribution in [3.8, 4) is 0 Å². The van der Waals surface area contributed by atoms with Crippen LogP contribution in [-0.2, 0) is 20.7 Å². The van der Waals surface area contributed by atoms with Gasteiger partial charge < -0.3 is 9.64 Å². The summed E-state index contributed by atoms with van der Waals surface area (Å²) in [6.45, 7) is 3.53. The Kier molecular flexibility index (Phi) is 6.90. The third-order valence-corrected chi connectivity index (χ3v) is 4.63. The Bertz CT molecular complexity index is 539. The van der Waals surface area contributed by atoms with Crippen molar-refractivity contribution in [3.05, 3.63) is 34.9 Å². The number of ether oxygens (including phenoxy) is 1. The SMILES string of the molecule is CCOC(=O)C1CCN(C(=O)CCCc2ccccc2Cl)CC1. The Labute approximate surface area is 142 Å². The van der Waals surface area contributed by atoms with Gasteiger partial charge in [-0.05, 0) is 44.2 Å². The fraction of sp³-hybridized carbons (Fsp3) is 0.556. The average molecular weight is 338 g/mol. The van der Waals surface area contributed by atoms with Crippen LogP contribution < -0.4 is 0 Å². The second-order valence-electron chi connectivity index (χ2n) is 5.85. The van der Waals surface area contributed by atoms with E-state index in [1.165, 1.54) is 0 Å². The quantitative estimate of drug-likeness (QED) is 0.747. The first-order valence-corrected chi connectivity index (χ1v) is 8.67. The van der Waals surface area contributed by atoms with Gasteiger partial charge in [0, 0.05) is 24.5 Å². The molecule has 1 saturated heterocycles. The van der Waals surface area contributed by atoms with Crippen LogP contribution in [0.1, 0.15) is 38.2 Å². The summed E-state index contributed by atoms with van der Waals surface area (Å²) in [6, 6.07) is 7.74. The predicted molar refractivity (Wildman–Crippen MR) is 90.3 cm³/mol. The molecular weight excluding hydrogens is 314 g/mol. The second kappa shape index (κ2) is 8.92. The standard InChI is InChI=1S/C18H24ClNO3/c1-2-23-18(22)15-10-12-20(13-11-15)17(21)9-5-7-14-6-3-4-8-16(14)19/h3-4,6,8,15H,2,5,7,9-13H2,1H3. The molecule has 1 aromatic rings. The highest BCUT2D eigenvalue weighted by atomic mass is 35.5. The molecule has 0 atom stereocenters. The first-order chi connectivity index (χ1) is 11.1. The molecule has 1 amide bonds. The Balaban J connectivity index is 1.71. The van der Waals surface area contributed by atoms with Gasteiger partial charge in [0.15, 0.2) is 0 Å². The average Bonchev–Trinajstić information content (AvgIpc) is 2.57. The molecule has 0 N–H and O–H groups in total. The number of nitrogens with zero attached hydrogens (tertiary/aromatic N) is 1. The monoisotopic (exact) mass is 337 g/mol. The van der Waals surface area contributed by atoms with Crippen LogP contribution in [0.4, 0.5) is 0 Å². The van der Waals surface area contributed by atoms with E-state index in [2.05, 4.69) is 0 Å². The predicted octanol–water partition coefficient (Wildman–Crippen LogP) is 3.46. The molecule has 0 aliphatic carbocycles. The van der Waals surface area contributed by atoms with Gasteiger partial charge >= 0.3 is 5.97 Å². The van der Waals surface area contributed by atoms with Crippen molar-refractivity contribution in [2.24, 2.45) is 5.92 Å². The molecule has 23 heavy (non-hydrogen) atoms. The van der Waals surface area contributed by atoms with E-state index in [0.29, 0.717) is 39.0 Å². The molecule has 0 spiro atoms. The number of hydrogen-bond donors (Lipinski definition) is 0. The summed E-state index contributed by atoms with van der Waals surface area (Å²) in [5.41, 5.74) is 1.09. The summed E-state index contributed by atoms with van der Waals surface area (Å²) in [7, 11) is 0.